The predicted molar refractivity (Wildman–Crippen MR) is 117 cm³/mol. The number of likely N-dealkylation sites (tertiary alicyclic amines) is 1. The van der Waals surface area contributed by atoms with Crippen molar-refractivity contribution in [3.05, 3.63) is 70.2 Å². The monoisotopic (exact) mass is 459 g/mol. The number of carbonyl (C=O) groups is 2. The first-order valence-corrected chi connectivity index (χ1v) is 10.5. The Labute approximate surface area is 188 Å². The molecule has 1 aliphatic heterocycles. The number of aromatic carboxylic acids is 1. The number of hydrogen-bond donors (Lipinski definition) is 2. The van der Waals surface area contributed by atoms with Crippen molar-refractivity contribution in [2.75, 3.05) is 11.9 Å². The van der Waals surface area contributed by atoms with E-state index in [1.807, 2.05) is 4.90 Å². The molecule has 1 atom stereocenters. The van der Waals surface area contributed by atoms with E-state index in [-0.39, 0.29) is 17.2 Å². The van der Waals surface area contributed by atoms with Gasteiger partial charge in [-0.25, -0.2) is 9.78 Å². The van der Waals surface area contributed by atoms with E-state index in [9.17, 15) is 14.7 Å². The standard InChI is InChI=1S/C22H19Cl2N3O4/c23-13-7-8-16(24)15(10-13)19-11-25-20(31-19)12-27-9-3-6-18(27)21(28)26-17-5-2-1-4-14(17)22(29)30/h1-2,4-5,7-8,10-11,18H,3,6,9,12H2,(H,26,28)(H,29,30)/t18-/m0/s1. The third-order valence-electron chi connectivity index (χ3n) is 5.17. The van der Waals surface area contributed by atoms with Crippen molar-refractivity contribution in [3.8, 4) is 11.3 Å². The van der Waals surface area contributed by atoms with Crippen molar-refractivity contribution in [3.63, 3.8) is 0 Å². The van der Waals surface area contributed by atoms with E-state index in [2.05, 4.69) is 10.3 Å². The summed E-state index contributed by atoms with van der Waals surface area (Å²) in [5, 5.41) is 13.1. The van der Waals surface area contributed by atoms with Crippen LogP contribution in [0.3, 0.4) is 0 Å². The van der Waals surface area contributed by atoms with E-state index in [1.165, 1.54) is 6.07 Å². The second-order valence-electron chi connectivity index (χ2n) is 7.21. The van der Waals surface area contributed by atoms with Gasteiger partial charge in [0.05, 0.1) is 35.1 Å². The van der Waals surface area contributed by atoms with Gasteiger partial charge < -0.3 is 14.8 Å². The molecule has 160 valence electrons. The molecular weight excluding hydrogens is 441 g/mol. The Bertz CT molecular complexity index is 1130. The molecule has 0 spiro atoms. The smallest absolute Gasteiger partial charge is 0.337 e. The molecule has 1 amide bonds. The van der Waals surface area contributed by atoms with Crippen LogP contribution >= 0.6 is 23.2 Å². The van der Waals surface area contributed by atoms with Crippen LogP contribution in [0.25, 0.3) is 11.3 Å². The SMILES string of the molecule is O=C(O)c1ccccc1NC(=O)[C@@H]1CCCN1Cc1ncc(-c2cc(Cl)ccc2Cl)o1. The average molecular weight is 460 g/mol. The lowest BCUT2D eigenvalue weighted by Crippen LogP contribution is -2.39. The second-order valence-corrected chi connectivity index (χ2v) is 8.05. The fourth-order valence-electron chi connectivity index (χ4n) is 3.67. The van der Waals surface area contributed by atoms with Crippen molar-refractivity contribution in [1.29, 1.82) is 0 Å². The van der Waals surface area contributed by atoms with Crippen molar-refractivity contribution < 1.29 is 19.1 Å². The zero-order valence-electron chi connectivity index (χ0n) is 16.3. The molecular formula is C22H19Cl2N3O4. The third-order valence-corrected chi connectivity index (χ3v) is 5.73. The number of anilines is 1. The van der Waals surface area contributed by atoms with E-state index >= 15 is 0 Å². The summed E-state index contributed by atoms with van der Waals surface area (Å²) in [6, 6.07) is 11.0. The number of carbonyl (C=O) groups excluding carboxylic acids is 1. The minimum Gasteiger partial charge on any atom is -0.478 e. The van der Waals surface area contributed by atoms with E-state index in [1.54, 1.807) is 42.6 Å². The lowest BCUT2D eigenvalue weighted by molar-refractivity contribution is -0.120. The Balaban J connectivity index is 1.47. The van der Waals surface area contributed by atoms with Crippen molar-refractivity contribution in [2.45, 2.75) is 25.4 Å². The highest BCUT2D eigenvalue weighted by atomic mass is 35.5. The van der Waals surface area contributed by atoms with Crippen LogP contribution < -0.4 is 5.32 Å². The van der Waals surface area contributed by atoms with Crippen LogP contribution in [0.2, 0.25) is 10.0 Å². The first-order valence-electron chi connectivity index (χ1n) is 9.70. The number of amides is 1. The van der Waals surface area contributed by atoms with Crippen LogP contribution in [0.4, 0.5) is 5.69 Å². The fraction of sp³-hybridized carbons (Fsp3) is 0.227. The van der Waals surface area contributed by atoms with E-state index < -0.39 is 12.0 Å². The normalized spacial score (nSPS) is 16.4. The summed E-state index contributed by atoms with van der Waals surface area (Å²) in [6.45, 7) is 1.05. The van der Waals surface area contributed by atoms with Gasteiger partial charge in [0.15, 0.2) is 5.76 Å². The molecule has 31 heavy (non-hydrogen) atoms. The highest BCUT2D eigenvalue weighted by molar-refractivity contribution is 6.35. The van der Waals surface area contributed by atoms with Crippen molar-refractivity contribution >= 4 is 40.8 Å². The number of rotatable bonds is 6. The summed E-state index contributed by atoms with van der Waals surface area (Å²) in [7, 11) is 0. The largest absolute Gasteiger partial charge is 0.478 e. The number of nitrogens with one attached hydrogen (secondary N) is 1. The first kappa shape index (κ1) is 21.4. The Hall–Kier alpha value is -2.87. The number of carboxylic acids is 1. The minimum atomic E-state index is -1.09. The van der Waals surface area contributed by atoms with Crippen LogP contribution in [0.5, 0.6) is 0 Å². The van der Waals surface area contributed by atoms with Gasteiger partial charge in [0.1, 0.15) is 0 Å². The lowest BCUT2D eigenvalue weighted by atomic mass is 10.1. The van der Waals surface area contributed by atoms with Crippen molar-refractivity contribution in [2.24, 2.45) is 0 Å². The summed E-state index contributed by atoms with van der Waals surface area (Å²) in [5.41, 5.74) is 0.978. The van der Waals surface area contributed by atoms with Crippen LogP contribution in [0.15, 0.2) is 53.1 Å². The highest BCUT2D eigenvalue weighted by Crippen LogP contribution is 2.32. The van der Waals surface area contributed by atoms with Crippen molar-refractivity contribution in [1.82, 2.24) is 9.88 Å². The number of para-hydroxylation sites is 1. The molecule has 0 unspecified atom stereocenters. The van der Waals surface area contributed by atoms with Gasteiger partial charge >= 0.3 is 5.97 Å². The maximum absolute atomic E-state index is 12.9. The van der Waals surface area contributed by atoms with Gasteiger partial charge in [-0.1, -0.05) is 35.3 Å². The van der Waals surface area contributed by atoms with E-state index in [0.717, 1.165) is 6.42 Å². The molecule has 2 N–H and O–H groups in total. The Kier molecular flexibility index (Phi) is 6.27. The highest BCUT2D eigenvalue weighted by Gasteiger charge is 2.32. The summed E-state index contributed by atoms with van der Waals surface area (Å²) >= 11 is 12.3. The average Bonchev–Trinajstić information content (AvgIpc) is 3.40. The molecule has 1 fully saturated rings. The molecule has 0 aliphatic carbocycles. The van der Waals surface area contributed by atoms with Gasteiger partial charge in [-0.15, -0.1) is 0 Å². The lowest BCUT2D eigenvalue weighted by Gasteiger charge is -2.22. The van der Waals surface area contributed by atoms with Gasteiger partial charge in [0.25, 0.3) is 0 Å². The summed E-state index contributed by atoms with van der Waals surface area (Å²) in [6.07, 6.45) is 3.09. The Morgan fingerprint density at radius 1 is 1.23 bits per heavy atom. The maximum atomic E-state index is 12.9. The molecule has 0 radical (unpaired) electrons. The zero-order valence-corrected chi connectivity index (χ0v) is 17.9. The maximum Gasteiger partial charge on any atom is 0.337 e. The second kappa shape index (κ2) is 9.09. The molecule has 3 aromatic rings. The summed E-state index contributed by atoms with van der Waals surface area (Å²) in [5.74, 6) is -0.392. The molecule has 2 heterocycles. The number of oxazole rings is 1. The third kappa shape index (κ3) is 4.74. The number of aromatic nitrogens is 1. The first-order chi connectivity index (χ1) is 14.9. The molecule has 1 aromatic heterocycles. The number of halogens is 2. The number of benzene rings is 2. The number of carboxylic acid groups (broad SMARTS) is 1. The number of hydrogen-bond acceptors (Lipinski definition) is 5. The molecule has 2 aromatic carbocycles. The summed E-state index contributed by atoms with van der Waals surface area (Å²) < 4.78 is 5.86. The Morgan fingerprint density at radius 2 is 2.03 bits per heavy atom. The molecule has 7 nitrogen and oxygen atoms in total. The predicted octanol–water partition coefficient (Wildman–Crippen LogP) is 4.95. The molecule has 9 heteroatoms. The molecule has 0 saturated carbocycles. The van der Waals surface area contributed by atoms with Gasteiger partial charge in [0.2, 0.25) is 11.8 Å². The van der Waals surface area contributed by atoms with Gasteiger partial charge in [-0.05, 0) is 49.7 Å². The zero-order chi connectivity index (χ0) is 22.0. The summed E-state index contributed by atoms with van der Waals surface area (Å²) in [4.78, 5) is 30.6. The minimum absolute atomic E-state index is 0.0520. The van der Waals surface area contributed by atoms with Crippen LogP contribution in [-0.2, 0) is 11.3 Å². The van der Waals surface area contributed by atoms with E-state index in [4.69, 9.17) is 27.6 Å². The number of nitrogens with zero attached hydrogens (tertiary/aromatic N) is 2. The van der Waals surface area contributed by atoms with Crippen LogP contribution in [0.1, 0.15) is 29.1 Å². The van der Waals surface area contributed by atoms with Crippen LogP contribution in [-0.4, -0.2) is 39.5 Å². The molecule has 1 aliphatic rings. The van der Waals surface area contributed by atoms with Gasteiger partial charge in [0, 0.05) is 10.6 Å². The van der Waals surface area contributed by atoms with E-state index in [0.29, 0.717) is 46.8 Å². The fourth-order valence-corrected chi connectivity index (χ4v) is 4.06. The molecule has 1 saturated heterocycles. The quantitative estimate of drug-likeness (QED) is 0.541. The Morgan fingerprint density at radius 3 is 2.84 bits per heavy atom. The van der Waals surface area contributed by atoms with Crippen LogP contribution in [0, 0.1) is 0 Å². The van der Waals surface area contributed by atoms with Gasteiger partial charge in [-0.2, -0.15) is 0 Å². The molecule has 4 rings (SSSR count). The topological polar surface area (TPSA) is 95.7 Å². The van der Waals surface area contributed by atoms with Gasteiger partial charge in [-0.3, -0.25) is 9.69 Å². The molecule has 0 bridgehead atoms.